The van der Waals surface area contributed by atoms with Gasteiger partial charge in [-0.3, -0.25) is 4.79 Å². The maximum atomic E-state index is 13.0. The van der Waals surface area contributed by atoms with Gasteiger partial charge in [-0.25, -0.2) is 0 Å². The molecule has 0 aliphatic heterocycles. The number of hydrogen-bond acceptors (Lipinski definition) is 5. The van der Waals surface area contributed by atoms with Gasteiger partial charge >= 0.3 is 0 Å². The standard InChI is InChI=1S/C28H40O5/c1-26(2,3)31-21-13-11-12-19(16-21)23(29)15-14-20-17-22(32-27(4,5)6)18-24(30-10)25(20)33-28(7,8)9/h11-13,16-18H,14-15H2,1-10H3. The van der Waals surface area contributed by atoms with E-state index in [-0.39, 0.29) is 17.0 Å². The van der Waals surface area contributed by atoms with Gasteiger partial charge < -0.3 is 18.9 Å². The Hall–Kier alpha value is -2.69. The lowest BCUT2D eigenvalue weighted by atomic mass is 10.0. The van der Waals surface area contributed by atoms with Gasteiger partial charge in [-0.15, -0.1) is 0 Å². The van der Waals surface area contributed by atoms with Gasteiger partial charge in [0.2, 0.25) is 0 Å². The van der Waals surface area contributed by atoms with Crippen molar-refractivity contribution in [1.82, 2.24) is 0 Å². The highest BCUT2D eigenvalue weighted by Crippen LogP contribution is 2.39. The largest absolute Gasteiger partial charge is 0.493 e. The van der Waals surface area contributed by atoms with E-state index in [1.807, 2.05) is 92.6 Å². The second-order valence-electron chi connectivity index (χ2n) is 11.2. The molecule has 0 bridgehead atoms. The molecule has 0 fully saturated rings. The lowest BCUT2D eigenvalue weighted by Gasteiger charge is -2.27. The van der Waals surface area contributed by atoms with Crippen LogP contribution in [-0.2, 0) is 6.42 Å². The predicted molar refractivity (Wildman–Crippen MR) is 133 cm³/mol. The summed E-state index contributed by atoms with van der Waals surface area (Å²) in [5, 5.41) is 0. The maximum absolute atomic E-state index is 13.0. The molecule has 0 radical (unpaired) electrons. The normalized spacial score (nSPS) is 12.3. The Morgan fingerprint density at radius 2 is 1.33 bits per heavy atom. The average Bonchev–Trinajstić information content (AvgIpc) is 2.64. The second-order valence-corrected chi connectivity index (χ2v) is 11.2. The van der Waals surface area contributed by atoms with Crippen LogP contribution < -0.4 is 18.9 Å². The Bertz CT molecular complexity index is 956. The molecule has 33 heavy (non-hydrogen) atoms. The minimum atomic E-state index is -0.420. The van der Waals surface area contributed by atoms with E-state index in [4.69, 9.17) is 18.9 Å². The number of aryl methyl sites for hydroxylation is 1. The zero-order valence-corrected chi connectivity index (χ0v) is 21.9. The fraction of sp³-hybridized carbons (Fsp3) is 0.536. The Labute approximate surface area is 199 Å². The molecule has 0 aromatic heterocycles. The number of benzene rings is 2. The zero-order chi connectivity index (χ0) is 25.0. The molecule has 0 unspecified atom stereocenters. The van der Waals surface area contributed by atoms with E-state index in [0.29, 0.717) is 41.4 Å². The Morgan fingerprint density at radius 1 is 0.758 bits per heavy atom. The van der Waals surface area contributed by atoms with Crippen LogP contribution in [0.3, 0.4) is 0 Å². The van der Waals surface area contributed by atoms with Gasteiger partial charge in [0.25, 0.3) is 0 Å². The van der Waals surface area contributed by atoms with Gasteiger partial charge in [-0.1, -0.05) is 12.1 Å². The molecule has 2 aromatic rings. The zero-order valence-electron chi connectivity index (χ0n) is 21.9. The first-order valence-corrected chi connectivity index (χ1v) is 11.5. The van der Waals surface area contributed by atoms with Crippen LogP contribution in [0.5, 0.6) is 23.0 Å². The summed E-state index contributed by atoms with van der Waals surface area (Å²) in [6.45, 7) is 17.9. The van der Waals surface area contributed by atoms with E-state index in [2.05, 4.69) is 0 Å². The summed E-state index contributed by atoms with van der Waals surface area (Å²) < 4.78 is 23.9. The first-order valence-electron chi connectivity index (χ1n) is 11.5. The third-order valence-corrected chi connectivity index (χ3v) is 4.36. The minimum Gasteiger partial charge on any atom is -0.493 e. The van der Waals surface area contributed by atoms with Crippen molar-refractivity contribution < 1.29 is 23.7 Å². The smallest absolute Gasteiger partial charge is 0.165 e. The summed E-state index contributed by atoms with van der Waals surface area (Å²) in [7, 11) is 1.61. The van der Waals surface area contributed by atoms with Crippen LogP contribution in [0, 0.1) is 0 Å². The molecule has 2 rings (SSSR count). The number of carbonyl (C=O) groups is 1. The number of Topliss-reactive ketones (excluding diaryl/α,β-unsaturated/α-hetero) is 1. The number of ketones is 1. The fourth-order valence-electron chi connectivity index (χ4n) is 3.28. The van der Waals surface area contributed by atoms with E-state index >= 15 is 0 Å². The second kappa shape index (κ2) is 10.1. The summed E-state index contributed by atoms with van der Waals surface area (Å²) >= 11 is 0. The molecule has 5 heteroatoms. The third kappa shape index (κ3) is 8.99. The minimum absolute atomic E-state index is 0.0391. The van der Waals surface area contributed by atoms with E-state index in [1.54, 1.807) is 13.2 Å². The molecule has 0 N–H and O–H groups in total. The predicted octanol–water partition coefficient (Wildman–Crippen LogP) is 7.04. The van der Waals surface area contributed by atoms with Crippen molar-refractivity contribution in [3.8, 4) is 23.0 Å². The fourth-order valence-corrected chi connectivity index (χ4v) is 3.28. The summed E-state index contributed by atoms with van der Waals surface area (Å²) in [5.74, 6) is 2.65. The Balaban J connectivity index is 2.33. The Morgan fingerprint density at radius 3 is 1.88 bits per heavy atom. The topological polar surface area (TPSA) is 54.0 Å². The molecule has 2 aromatic carbocycles. The number of methoxy groups -OCH3 is 1. The van der Waals surface area contributed by atoms with Crippen LogP contribution in [0.2, 0.25) is 0 Å². The highest BCUT2D eigenvalue weighted by Gasteiger charge is 2.23. The van der Waals surface area contributed by atoms with Crippen molar-refractivity contribution in [1.29, 1.82) is 0 Å². The van der Waals surface area contributed by atoms with Crippen LogP contribution in [0.4, 0.5) is 0 Å². The van der Waals surface area contributed by atoms with Crippen molar-refractivity contribution in [2.24, 2.45) is 0 Å². The van der Waals surface area contributed by atoms with Crippen LogP contribution in [0.1, 0.15) is 84.7 Å². The molecule has 0 aliphatic rings. The third-order valence-electron chi connectivity index (χ3n) is 4.36. The monoisotopic (exact) mass is 456 g/mol. The number of ether oxygens (including phenoxy) is 4. The molecule has 0 saturated carbocycles. The first-order chi connectivity index (χ1) is 15.1. The summed E-state index contributed by atoms with van der Waals surface area (Å²) in [4.78, 5) is 13.0. The van der Waals surface area contributed by atoms with Crippen LogP contribution in [-0.4, -0.2) is 29.7 Å². The summed E-state index contributed by atoms with van der Waals surface area (Å²) in [6.07, 6.45) is 0.813. The van der Waals surface area contributed by atoms with E-state index in [1.165, 1.54) is 0 Å². The van der Waals surface area contributed by atoms with Crippen molar-refractivity contribution >= 4 is 5.78 Å². The number of hydrogen-bond donors (Lipinski definition) is 0. The molecule has 0 aliphatic carbocycles. The van der Waals surface area contributed by atoms with E-state index < -0.39 is 5.60 Å². The van der Waals surface area contributed by atoms with Gasteiger partial charge in [0.05, 0.1) is 7.11 Å². The van der Waals surface area contributed by atoms with Gasteiger partial charge in [-0.05, 0) is 86.9 Å². The van der Waals surface area contributed by atoms with Crippen molar-refractivity contribution in [3.63, 3.8) is 0 Å². The van der Waals surface area contributed by atoms with Gasteiger partial charge in [-0.2, -0.15) is 0 Å². The first kappa shape index (κ1) is 26.6. The molecule has 0 heterocycles. The molecule has 0 atom stereocenters. The highest BCUT2D eigenvalue weighted by molar-refractivity contribution is 5.96. The molecule has 5 nitrogen and oxygen atoms in total. The van der Waals surface area contributed by atoms with Crippen molar-refractivity contribution in [2.75, 3.05) is 7.11 Å². The lowest BCUT2D eigenvalue weighted by Crippen LogP contribution is -2.25. The maximum Gasteiger partial charge on any atom is 0.165 e. The summed E-state index contributed by atoms with van der Waals surface area (Å²) in [6, 6.07) is 11.1. The summed E-state index contributed by atoms with van der Waals surface area (Å²) in [5.41, 5.74) is 0.392. The van der Waals surface area contributed by atoms with Crippen LogP contribution in [0.25, 0.3) is 0 Å². The SMILES string of the molecule is COc1cc(OC(C)(C)C)cc(CCC(=O)c2cccc(OC(C)(C)C)c2)c1OC(C)(C)C. The molecular formula is C28H40O5. The number of carbonyl (C=O) groups excluding carboxylic acids is 1. The van der Waals surface area contributed by atoms with E-state index in [9.17, 15) is 4.79 Å². The Kier molecular flexibility index (Phi) is 8.10. The van der Waals surface area contributed by atoms with E-state index in [0.717, 1.165) is 5.56 Å². The highest BCUT2D eigenvalue weighted by atomic mass is 16.5. The van der Waals surface area contributed by atoms with Crippen LogP contribution in [0.15, 0.2) is 36.4 Å². The van der Waals surface area contributed by atoms with Crippen molar-refractivity contribution in [3.05, 3.63) is 47.5 Å². The molecule has 0 saturated heterocycles. The molecule has 0 spiro atoms. The quantitative estimate of drug-likeness (QED) is 0.399. The molecule has 182 valence electrons. The van der Waals surface area contributed by atoms with Gasteiger partial charge in [0.1, 0.15) is 28.3 Å². The number of rotatable bonds is 8. The molecular weight excluding hydrogens is 416 g/mol. The average molecular weight is 457 g/mol. The lowest BCUT2D eigenvalue weighted by molar-refractivity contribution is 0.0977. The van der Waals surface area contributed by atoms with Crippen LogP contribution >= 0.6 is 0 Å². The molecule has 0 amide bonds. The van der Waals surface area contributed by atoms with Gasteiger partial charge in [0, 0.05) is 23.6 Å². The van der Waals surface area contributed by atoms with Gasteiger partial charge in [0.15, 0.2) is 17.3 Å². The van der Waals surface area contributed by atoms with Crippen molar-refractivity contribution in [2.45, 2.75) is 92.0 Å².